The number of fused-ring (bicyclic) bond motifs is 1. The van der Waals surface area contributed by atoms with Gasteiger partial charge < -0.3 is 19.7 Å². The molecule has 0 atom stereocenters. The summed E-state index contributed by atoms with van der Waals surface area (Å²) in [4.78, 5) is 25.3. The van der Waals surface area contributed by atoms with Crippen molar-refractivity contribution in [3.05, 3.63) is 70.6 Å². The van der Waals surface area contributed by atoms with Gasteiger partial charge in [0.15, 0.2) is 0 Å². The summed E-state index contributed by atoms with van der Waals surface area (Å²) >= 11 is 0. The predicted octanol–water partition coefficient (Wildman–Crippen LogP) is 3.35. The van der Waals surface area contributed by atoms with E-state index in [0.717, 1.165) is 11.3 Å². The van der Waals surface area contributed by atoms with Gasteiger partial charge in [0.25, 0.3) is 5.56 Å². The van der Waals surface area contributed by atoms with Crippen molar-refractivity contribution in [1.82, 2.24) is 4.57 Å². The number of aliphatic hydroxyl groups is 1. The van der Waals surface area contributed by atoms with Gasteiger partial charge in [-0.2, -0.15) is 0 Å². The molecule has 0 radical (unpaired) electrons. The Morgan fingerprint density at radius 3 is 2.48 bits per heavy atom. The van der Waals surface area contributed by atoms with Gasteiger partial charge in [0, 0.05) is 22.7 Å². The normalized spacial score (nSPS) is 11.4. The molecule has 29 heavy (non-hydrogen) atoms. The number of carbonyl (C=O) groups is 1. The second-order valence-corrected chi connectivity index (χ2v) is 7.63. The molecule has 0 saturated carbocycles. The average Bonchev–Trinajstić information content (AvgIpc) is 2.65. The van der Waals surface area contributed by atoms with Gasteiger partial charge in [-0.05, 0) is 56.7 Å². The van der Waals surface area contributed by atoms with E-state index in [-0.39, 0.29) is 24.4 Å². The molecule has 0 fully saturated rings. The molecular formula is C23H26N2O4. The molecule has 152 valence electrons. The maximum absolute atomic E-state index is 12.7. The molecule has 1 amide bonds. The van der Waals surface area contributed by atoms with Gasteiger partial charge in [0.2, 0.25) is 5.91 Å². The fourth-order valence-corrected chi connectivity index (χ4v) is 3.22. The third kappa shape index (κ3) is 5.23. The summed E-state index contributed by atoms with van der Waals surface area (Å²) in [5.41, 5.74) is 0.262. The Kier molecular flexibility index (Phi) is 6.03. The maximum Gasteiger partial charge on any atom is 0.258 e. The van der Waals surface area contributed by atoms with E-state index in [1.807, 2.05) is 31.2 Å². The molecule has 0 aliphatic carbocycles. The van der Waals surface area contributed by atoms with Crippen LogP contribution in [0.5, 0.6) is 5.75 Å². The standard InChI is InChI=1S/C23H26N2O4/c1-4-29-17-10-8-16(9-11-17)14-21(26)24-20-7-5-6-19-18(20)12-13-25(22(19)27)15-23(2,3)28/h5-13,28H,4,14-15H2,1-3H3,(H,24,26). The Morgan fingerprint density at radius 2 is 1.83 bits per heavy atom. The zero-order chi connectivity index (χ0) is 21.0. The zero-order valence-corrected chi connectivity index (χ0v) is 16.9. The molecule has 0 bridgehead atoms. The highest BCUT2D eigenvalue weighted by atomic mass is 16.5. The number of ether oxygens (including phenoxy) is 1. The van der Waals surface area contributed by atoms with E-state index in [1.54, 1.807) is 44.3 Å². The fourth-order valence-electron chi connectivity index (χ4n) is 3.22. The minimum absolute atomic E-state index is 0.165. The van der Waals surface area contributed by atoms with Crippen LogP contribution in [0.2, 0.25) is 0 Å². The molecule has 6 nitrogen and oxygen atoms in total. The molecule has 3 aromatic rings. The van der Waals surface area contributed by atoms with Crippen LogP contribution < -0.4 is 15.6 Å². The Balaban J connectivity index is 1.80. The topological polar surface area (TPSA) is 80.6 Å². The van der Waals surface area contributed by atoms with Gasteiger partial charge in [-0.15, -0.1) is 0 Å². The number of benzene rings is 2. The van der Waals surface area contributed by atoms with Crippen molar-refractivity contribution in [2.75, 3.05) is 11.9 Å². The number of nitrogens with one attached hydrogen (secondary N) is 1. The van der Waals surface area contributed by atoms with Crippen molar-refractivity contribution >= 4 is 22.4 Å². The second kappa shape index (κ2) is 8.49. The highest BCUT2D eigenvalue weighted by Gasteiger charge is 2.16. The number of aromatic nitrogens is 1. The molecule has 2 N–H and O–H groups in total. The van der Waals surface area contributed by atoms with Crippen LogP contribution in [0.25, 0.3) is 10.8 Å². The summed E-state index contributed by atoms with van der Waals surface area (Å²) < 4.78 is 6.89. The number of pyridine rings is 1. The number of carbonyl (C=O) groups excluding carboxylic acids is 1. The van der Waals surface area contributed by atoms with Crippen LogP contribution in [0.3, 0.4) is 0 Å². The SMILES string of the molecule is CCOc1ccc(CC(=O)Nc2cccc3c(=O)n(CC(C)(C)O)ccc23)cc1. The van der Waals surface area contributed by atoms with Crippen LogP contribution in [-0.4, -0.2) is 27.8 Å². The predicted molar refractivity (Wildman–Crippen MR) is 114 cm³/mol. The summed E-state index contributed by atoms with van der Waals surface area (Å²) in [6, 6.07) is 14.4. The lowest BCUT2D eigenvalue weighted by atomic mass is 10.1. The molecule has 0 spiro atoms. The summed E-state index contributed by atoms with van der Waals surface area (Å²) in [5, 5.41) is 14.1. The molecule has 0 saturated heterocycles. The zero-order valence-electron chi connectivity index (χ0n) is 16.9. The largest absolute Gasteiger partial charge is 0.494 e. The quantitative estimate of drug-likeness (QED) is 0.644. The van der Waals surface area contributed by atoms with Crippen LogP contribution in [0, 0.1) is 0 Å². The molecule has 0 unspecified atom stereocenters. The van der Waals surface area contributed by atoms with E-state index < -0.39 is 5.60 Å². The van der Waals surface area contributed by atoms with Crippen molar-refractivity contribution in [1.29, 1.82) is 0 Å². The highest BCUT2D eigenvalue weighted by molar-refractivity contribution is 6.02. The third-order valence-electron chi connectivity index (χ3n) is 4.45. The van der Waals surface area contributed by atoms with Gasteiger partial charge in [-0.1, -0.05) is 18.2 Å². The van der Waals surface area contributed by atoms with Crippen molar-refractivity contribution in [2.24, 2.45) is 0 Å². The first-order valence-corrected chi connectivity index (χ1v) is 9.63. The summed E-state index contributed by atoms with van der Waals surface area (Å²) in [7, 11) is 0. The van der Waals surface area contributed by atoms with Crippen LogP contribution in [0.15, 0.2) is 59.5 Å². The number of rotatable bonds is 7. The minimum Gasteiger partial charge on any atom is -0.494 e. The molecule has 1 heterocycles. The number of nitrogens with zero attached hydrogens (tertiary/aromatic N) is 1. The molecule has 0 aliphatic heterocycles. The number of hydrogen-bond acceptors (Lipinski definition) is 4. The van der Waals surface area contributed by atoms with E-state index in [1.165, 1.54) is 4.57 Å². The Morgan fingerprint density at radius 1 is 1.10 bits per heavy atom. The van der Waals surface area contributed by atoms with Gasteiger partial charge in [-0.25, -0.2) is 0 Å². The van der Waals surface area contributed by atoms with Crippen LogP contribution >= 0.6 is 0 Å². The van der Waals surface area contributed by atoms with E-state index in [9.17, 15) is 14.7 Å². The first-order valence-electron chi connectivity index (χ1n) is 9.63. The molecule has 6 heteroatoms. The van der Waals surface area contributed by atoms with Gasteiger partial charge in [-0.3, -0.25) is 9.59 Å². The third-order valence-corrected chi connectivity index (χ3v) is 4.45. The Labute approximate surface area is 169 Å². The lowest BCUT2D eigenvalue weighted by molar-refractivity contribution is -0.115. The highest BCUT2D eigenvalue weighted by Crippen LogP contribution is 2.22. The second-order valence-electron chi connectivity index (χ2n) is 7.63. The number of hydrogen-bond donors (Lipinski definition) is 2. The van der Waals surface area contributed by atoms with Crippen molar-refractivity contribution in [3.63, 3.8) is 0 Å². The van der Waals surface area contributed by atoms with Gasteiger partial charge in [0.1, 0.15) is 5.75 Å². The summed E-state index contributed by atoms with van der Waals surface area (Å²) in [5.74, 6) is 0.607. The lowest BCUT2D eigenvalue weighted by Gasteiger charge is -2.19. The van der Waals surface area contributed by atoms with Crippen molar-refractivity contribution < 1.29 is 14.6 Å². The van der Waals surface area contributed by atoms with Gasteiger partial charge in [0.05, 0.1) is 25.2 Å². The number of anilines is 1. The maximum atomic E-state index is 12.7. The fraction of sp³-hybridized carbons (Fsp3) is 0.304. The Hall–Kier alpha value is -3.12. The minimum atomic E-state index is -0.999. The average molecular weight is 394 g/mol. The van der Waals surface area contributed by atoms with E-state index in [2.05, 4.69) is 5.32 Å². The van der Waals surface area contributed by atoms with Crippen LogP contribution in [-0.2, 0) is 17.8 Å². The molecule has 2 aromatic carbocycles. The summed E-state index contributed by atoms with van der Waals surface area (Å²) in [6.45, 7) is 6.02. The van der Waals surface area contributed by atoms with E-state index >= 15 is 0 Å². The van der Waals surface area contributed by atoms with Crippen LogP contribution in [0.4, 0.5) is 5.69 Å². The van der Waals surface area contributed by atoms with Gasteiger partial charge >= 0.3 is 0 Å². The van der Waals surface area contributed by atoms with Crippen molar-refractivity contribution in [2.45, 2.75) is 39.3 Å². The van der Waals surface area contributed by atoms with Crippen LogP contribution in [0.1, 0.15) is 26.3 Å². The monoisotopic (exact) mass is 394 g/mol. The molecule has 3 rings (SSSR count). The molecular weight excluding hydrogens is 368 g/mol. The lowest BCUT2D eigenvalue weighted by Crippen LogP contribution is -2.32. The van der Waals surface area contributed by atoms with Crippen molar-refractivity contribution in [3.8, 4) is 5.75 Å². The van der Waals surface area contributed by atoms with E-state index in [4.69, 9.17) is 4.74 Å². The van der Waals surface area contributed by atoms with E-state index in [0.29, 0.717) is 23.1 Å². The first-order chi connectivity index (χ1) is 13.8. The Bertz CT molecular complexity index is 1060. The smallest absolute Gasteiger partial charge is 0.258 e. The molecule has 1 aromatic heterocycles. The summed E-state index contributed by atoms with van der Waals surface area (Å²) in [6.07, 6.45) is 1.86. The molecule has 0 aliphatic rings. The first kappa shape index (κ1) is 20.6. The number of amides is 1.